The largest absolute Gasteiger partial charge is 0.354 e. The molecule has 0 radical (unpaired) electrons. The van der Waals surface area contributed by atoms with Gasteiger partial charge in [0.2, 0.25) is 11.8 Å². The molecule has 2 aromatic rings. The highest BCUT2D eigenvalue weighted by atomic mass is 79.9. The zero-order valence-electron chi connectivity index (χ0n) is 15.5. The highest BCUT2D eigenvalue weighted by Crippen LogP contribution is 2.17. The van der Waals surface area contributed by atoms with Gasteiger partial charge in [-0.25, -0.2) is 0 Å². The Hall–Kier alpha value is -1.85. The highest BCUT2D eigenvalue weighted by molar-refractivity contribution is 9.10. The quantitative estimate of drug-likeness (QED) is 0.638. The summed E-state index contributed by atoms with van der Waals surface area (Å²) in [6.07, 6.45) is 1.04. The first kappa shape index (κ1) is 21.5. The average molecular weight is 452 g/mol. The van der Waals surface area contributed by atoms with E-state index < -0.39 is 6.04 Å². The van der Waals surface area contributed by atoms with Crippen LogP contribution in [0, 0.1) is 0 Å². The summed E-state index contributed by atoms with van der Waals surface area (Å²) in [5, 5.41) is 3.46. The Kier molecular flexibility index (Phi) is 8.32. The van der Waals surface area contributed by atoms with Gasteiger partial charge in [0.15, 0.2) is 0 Å². The van der Waals surface area contributed by atoms with Gasteiger partial charge < -0.3 is 10.2 Å². The Morgan fingerprint density at radius 2 is 1.85 bits per heavy atom. The van der Waals surface area contributed by atoms with E-state index in [-0.39, 0.29) is 18.2 Å². The highest BCUT2D eigenvalue weighted by Gasteiger charge is 2.26. The summed E-state index contributed by atoms with van der Waals surface area (Å²) in [5.74, 6) is -0.261. The van der Waals surface area contributed by atoms with Crippen molar-refractivity contribution in [1.82, 2.24) is 10.2 Å². The van der Waals surface area contributed by atoms with Crippen molar-refractivity contribution >= 4 is 39.3 Å². The molecule has 27 heavy (non-hydrogen) atoms. The molecule has 144 valence electrons. The fraction of sp³-hybridized carbons (Fsp3) is 0.333. The fourth-order valence-corrected chi connectivity index (χ4v) is 3.39. The van der Waals surface area contributed by atoms with Gasteiger partial charge >= 0.3 is 0 Å². The number of nitrogens with zero attached hydrogens (tertiary/aromatic N) is 1. The lowest BCUT2D eigenvalue weighted by Crippen LogP contribution is -2.48. The van der Waals surface area contributed by atoms with E-state index >= 15 is 0 Å². The van der Waals surface area contributed by atoms with Crippen LogP contribution in [-0.2, 0) is 22.6 Å². The number of benzene rings is 2. The van der Waals surface area contributed by atoms with E-state index in [9.17, 15) is 9.59 Å². The van der Waals surface area contributed by atoms with Crippen LogP contribution in [-0.4, -0.2) is 29.3 Å². The second-order valence-electron chi connectivity index (χ2n) is 6.43. The van der Waals surface area contributed by atoms with Crippen molar-refractivity contribution in [3.63, 3.8) is 0 Å². The van der Waals surface area contributed by atoms with Gasteiger partial charge in [0, 0.05) is 22.6 Å². The molecular formula is C21H24BrClN2O2. The van der Waals surface area contributed by atoms with Crippen LogP contribution in [0.1, 0.15) is 31.4 Å². The minimum absolute atomic E-state index is 0.114. The number of hydrogen-bond acceptors (Lipinski definition) is 2. The molecule has 0 aliphatic rings. The van der Waals surface area contributed by atoms with Gasteiger partial charge in [0.05, 0.1) is 6.42 Å². The summed E-state index contributed by atoms with van der Waals surface area (Å²) in [7, 11) is 0. The van der Waals surface area contributed by atoms with E-state index in [1.807, 2.05) is 43.3 Å². The lowest BCUT2D eigenvalue weighted by atomic mass is 10.1. The topological polar surface area (TPSA) is 49.4 Å². The first-order valence-corrected chi connectivity index (χ1v) is 10.1. The Bertz CT molecular complexity index is 797. The zero-order valence-corrected chi connectivity index (χ0v) is 17.9. The van der Waals surface area contributed by atoms with Gasteiger partial charge in [-0.15, -0.1) is 0 Å². The molecule has 4 nitrogen and oxygen atoms in total. The van der Waals surface area contributed by atoms with Crippen molar-refractivity contribution < 1.29 is 9.59 Å². The third-order valence-electron chi connectivity index (χ3n) is 4.20. The molecule has 0 heterocycles. The fourth-order valence-electron chi connectivity index (χ4n) is 2.73. The summed E-state index contributed by atoms with van der Waals surface area (Å²) >= 11 is 9.48. The van der Waals surface area contributed by atoms with Crippen LogP contribution in [0.25, 0.3) is 0 Å². The van der Waals surface area contributed by atoms with Gasteiger partial charge in [0.1, 0.15) is 6.04 Å². The van der Waals surface area contributed by atoms with Gasteiger partial charge in [0.25, 0.3) is 0 Å². The third kappa shape index (κ3) is 6.67. The number of carbonyl (C=O) groups is 2. The molecule has 1 atom stereocenters. The summed E-state index contributed by atoms with van der Waals surface area (Å²) in [6, 6.07) is 14.4. The summed E-state index contributed by atoms with van der Waals surface area (Å²) in [6.45, 7) is 4.71. The van der Waals surface area contributed by atoms with Crippen LogP contribution in [0.2, 0.25) is 5.02 Å². The Balaban J connectivity index is 2.21. The monoisotopic (exact) mass is 450 g/mol. The smallest absolute Gasteiger partial charge is 0.242 e. The first-order chi connectivity index (χ1) is 12.9. The molecule has 2 amide bonds. The van der Waals surface area contributed by atoms with Crippen molar-refractivity contribution in [2.45, 2.75) is 39.3 Å². The minimum Gasteiger partial charge on any atom is -0.354 e. The van der Waals surface area contributed by atoms with Crippen molar-refractivity contribution in [2.24, 2.45) is 0 Å². The van der Waals surface area contributed by atoms with Crippen molar-refractivity contribution in [3.8, 4) is 0 Å². The maximum atomic E-state index is 13.0. The summed E-state index contributed by atoms with van der Waals surface area (Å²) in [5.41, 5.74) is 1.78. The van der Waals surface area contributed by atoms with Crippen LogP contribution in [0.4, 0.5) is 0 Å². The second-order valence-corrected chi connectivity index (χ2v) is 7.78. The minimum atomic E-state index is -0.567. The van der Waals surface area contributed by atoms with E-state index in [2.05, 4.69) is 21.2 Å². The number of amides is 2. The van der Waals surface area contributed by atoms with Crippen molar-refractivity contribution in [3.05, 3.63) is 69.2 Å². The van der Waals surface area contributed by atoms with E-state index in [1.165, 1.54) is 0 Å². The third-order valence-corrected chi connectivity index (χ3v) is 4.93. The molecule has 2 aromatic carbocycles. The van der Waals surface area contributed by atoms with E-state index in [0.717, 1.165) is 22.0 Å². The van der Waals surface area contributed by atoms with Crippen LogP contribution < -0.4 is 5.32 Å². The van der Waals surface area contributed by atoms with E-state index in [1.54, 1.807) is 24.0 Å². The number of halogens is 2. The maximum Gasteiger partial charge on any atom is 0.242 e. The predicted octanol–water partition coefficient (Wildman–Crippen LogP) is 4.59. The Morgan fingerprint density at radius 3 is 2.52 bits per heavy atom. The van der Waals surface area contributed by atoms with Crippen molar-refractivity contribution in [1.29, 1.82) is 0 Å². The molecular weight excluding hydrogens is 428 g/mol. The molecule has 0 aromatic heterocycles. The molecule has 0 saturated carbocycles. The van der Waals surface area contributed by atoms with Gasteiger partial charge in [-0.05, 0) is 48.7 Å². The lowest BCUT2D eigenvalue weighted by Gasteiger charge is -2.29. The molecule has 1 N–H and O–H groups in total. The molecule has 6 heteroatoms. The average Bonchev–Trinajstić information content (AvgIpc) is 2.63. The number of rotatable bonds is 8. The second kappa shape index (κ2) is 10.5. The van der Waals surface area contributed by atoms with E-state index in [4.69, 9.17) is 11.6 Å². The van der Waals surface area contributed by atoms with Crippen LogP contribution in [0.3, 0.4) is 0 Å². The van der Waals surface area contributed by atoms with Crippen LogP contribution >= 0.6 is 27.5 Å². The van der Waals surface area contributed by atoms with Crippen LogP contribution in [0.15, 0.2) is 53.0 Å². The molecule has 0 spiro atoms. The Labute approximate surface area is 174 Å². The summed E-state index contributed by atoms with van der Waals surface area (Å²) in [4.78, 5) is 27.1. The SMILES string of the molecule is CCCNC(=O)C(C)N(Cc1cccc(Br)c1)C(=O)Cc1cccc(Cl)c1. The Morgan fingerprint density at radius 1 is 1.15 bits per heavy atom. The predicted molar refractivity (Wildman–Crippen MR) is 113 cm³/mol. The van der Waals surface area contributed by atoms with Gasteiger partial charge in [-0.3, -0.25) is 9.59 Å². The molecule has 1 unspecified atom stereocenters. The summed E-state index contributed by atoms with van der Waals surface area (Å²) < 4.78 is 0.935. The first-order valence-electron chi connectivity index (χ1n) is 8.96. The number of hydrogen-bond donors (Lipinski definition) is 1. The van der Waals surface area contributed by atoms with Gasteiger partial charge in [-0.1, -0.05) is 58.7 Å². The van der Waals surface area contributed by atoms with E-state index in [0.29, 0.717) is 18.1 Å². The standard InChI is InChI=1S/C21H24BrClN2O2/c1-3-10-24-21(27)15(2)25(14-17-7-4-8-18(22)11-17)20(26)13-16-6-5-9-19(23)12-16/h4-9,11-12,15H,3,10,13-14H2,1-2H3,(H,24,27). The zero-order chi connectivity index (χ0) is 19.8. The molecule has 0 fully saturated rings. The molecule has 0 aliphatic carbocycles. The maximum absolute atomic E-state index is 13.0. The van der Waals surface area contributed by atoms with Gasteiger partial charge in [-0.2, -0.15) is 0 Å². The molecule has 2 rings (SSSR count). The molecule has 0 saturated heterocycles. The van der Waals surface area contributed by atoms with Crippen LogP contribution in [0.5, 0.6) is 0 Å². The lowest BCUT2D eigenvalue weighted by molar-refractivity contribution is -0.140. The number of carbonyl (C=O) groups excluding carboxylic acids is 2. The number of nitrogens with one attached hydrogen (secondary N) is 1. The van der Waals surface area contributed by atoms with Crippen molar-refractivity contribution in [2.75, 3.05) is 6.54 Å². The normalized spacial score (nSPS) is 11.7. The molecule has 0 bridgehead atoms. The molecule has 0 aliphatic heterocycles.